The number of carbonyl (C=O) groups is 1. The molecule has 4 heteroatoms. The first-order valence-corrected chi connectivity index (χ1v) is 5.74. The van der Waals surface area contributed by atoms with Crippen molar-refractivity contribution < 1.29 is 15.0 Å². The second-order valence-electron chi connectivity index (χ2n) is 3.69. The summed E-state index contributed by atoms with van der Waals surface area (Å²) in [4.78, 5) is 10.4. The van der Waals surface area contributed by atoms with Crippen molar-refractivity contribution in [3.63, 3.8) is 0 Å². The lowest BCUT2D eigenvalue weighted by Gasteiger charge is -2.22. The van der Waals surface area contributed by atoms with Crippen LogP contribution in [0.3, 0.4) is 0 Å². The molecule has 0 aliphatic carbocycles. The lowest BCUT2D eigenvalue weighted by molar-refractivity contribution is -0.139. The monoisotopic (exact) mass is 204 g/mol. The minimum absolute atomic E-state index is 0.0718. The Labute approximate surface area is 82.5 Å². The minimum Gasteiger partial charge on any atom is -0.481 e. The highest BCUT2D eigenvalue weighted by molar-refractivity contribution is 7.99. The average molecular weight is 204 g/mol. The van der Waals surface area contributed by atoms with Crippen molar-refractivity contribution in [2.75, 3.05) is 11.5 Å². The topological polar surface area (TPSA) is 57.5 Å². The first kappa shape index (κ1) is 10.9. The van der Waals surface area contributed by atoms with Gasteiger partial charge in [0.2, 0.25) is 0 Å². The van der Waals surface area contributed by atoms with E-state index >= 15 is 0 Å². The van der Waals surface area contributed by atoms with Crippen LogP contribution in [-0.2, 0) is 4.79 Å². The van der Waals surface area contributed by atoms with Gasteiger partial charge in [0.25, 0.3) is 0 Å². The van der Waals surface area contributed by atoms with E-state index in [0.717, 1.165) is 17.9 Å². The zero-order valence-corrected chi connectivity index (χ0v) is 8.59. The largest absolute Gasteiger partial charge is 0.481 e. The molecular weight excluding hydrogens is 188 g/mol. The van der Waals surface area contributed by atoms with Crippen molar-refractivity contribution >= 4 is 17.7 Å². The molecule has 1 aliphatic heterocycles. The quantitative estimate of drug-likeness (QED) is 0.722. The molecule has 1 heterocycles. The number of hydrogen-bond donors (Lipinski definition) is 2. The first-order chi connectivity index (χ1) is 6.11. The minimum atomic E-state index is -0.822. The van der Waals surface area contributed by atoms with Crippen LogP contribution in [0.2, 0.25) is 0 Å². The summed E-state index contributed by atoms with van der Waals surface area (Å²) in [6.07, 6.45) is 0.657. The van der Waals surface area contributed by atoms with Gasteiger partial charge in [0, 0.05) is 0 Å². The third-order valence-corrected chi connectivity index (χ3v) is 3.72. The van der Waals surface area contributed by atoms with Gasteiger partial charge in [0.05, 0.1) is 12.5 Å². The molecule has 0 aromatic rings. The van der Waals surface area contributed by atoms with Crippen molar-refractivity contribution in [1.82, 2.24) is 0 Å². The first-order valence-electron chi connectivity index (χ1n) is 4.59. The van der Waals surface area contributed by atoms with Gasteiger partial charge in [-0.05, 0) is 29.8 Å². The molecule has 0 bridgehead atoms. The van der Waals surface area contributed by atoms with Crippen LogP contribution in [0.4, 0.5) is 0 Å². The molecule has 0 saturated carbocycles. The van der Waals surface area contributed by atoms with E-state index in [-0.39, 0.29) is 12.3 Å². The van der Waals surface area contributed by atoms with Crippen LogP contribution in [0, 0.1) is 11.8 Å². The Hall–Kier alpha value is -0.220. The summed E-state index contributed by atoms with van der Waals surface area (Å²) in [5.74, 6) is 1.44. The number of hydrogen-bond acceptors (Lipinski definition) is 3. The molecule has 3 nitrogen and oxygen atoms in total. The normalized spacial score (nSPS) is 27.1. The summed E-state index contributed by atoms with van der Waals surface area (Å²) in [5.41, 5.74) is 0. The van der Waals surface area contributed by atoms with Gasteiger partial charge in [-0.1, -0.05) is 6.92 Å². The maximum atomic E-state index is 10.4. The van der Waals surface area contributed by atoms with E-state index in [1.807, 2.05) is 18.7 Å². The fraction of sp³-hybridized carbons (Fsp3) is 0.889. The van der Waals surface area contributed by atoms with E-state index in [0.29, 0.717) is 5.92 Å². The number of thioether (sulfide) groups is 1. The Balaban J connectivity index is 2.36. The summed E-state index contributed by atoms with van der Waals surface area (Å²) < 4.78 is 0. The molecule has 76 valence electrons. The molecule has 0 radical (unpaired) electrons. The van der Waals surface area contributed by atoms with Gasteiger partial charge in [-0.2, -0.15) is 11.8 Å². The highest BCUT2D eigenvalue weighted by atomic mass is 32.2. The van der Waals surface area contributed by atoms with Crippen molar-refractivity contribution in [1.29, 1.82) is 0 Å². The second kappa shape index (κ2) is 4.86. The van der Waals surface area contributed by atoms with E-state index in [4.69, 9.17) is 5.11 Å². The van der Waals surface area contributed by atoms with Gasteiger partial charge in [0.1, 0.15) is 0 Å². The van der Waals surface area contributed by atoms with Crippen LogP contribution in [0.15, 0.2) is 0 Å². The van der Waals surface area contributed by atoms with E-state index < -0.39 is 12.1 Å². The van der Waals surface area contributed by atoms with E-state index in [1.54, 1.807) is 0 Å². The number of aliphatic hydroxyl groups excluding tert-OH is 1. The predicted octanol–water partition coefficient (Wildman–Crippen LogP) is 1.21. The summed E-state index contributed by atoms with van der Waals surface area (Å²) >= 11 is 1.84. The van der Waals surface area contributed by atoms with Gasteiger partial charge >= 0.3 is 5.97 Å². The highest BCUT2D eigenvalue weighted by Crippen LogP contribution is 2.30. The molecule has 3 unspecified atom stereocenters. The van der Waals surface area contributed by atoms with E-state index in [1.165, 1.54) is 0 Å². The van der Waals surface area contributed by atoms with Crippen LogP contribution in [0.1, 0.15) is 19.8 Å². The molecule has 2 N–H and O–H groups in total. The Morgan fingerprint density at radius 2 is 2.38 bits per heavy atom. The fourth-order valence-corrected chi connectivity index (χ4v) is 2.99. The molecule has 0 aromatic carbocycles. The van der Waals surface area contributed by atoms with Gasteiger partial charge < -0.3 is 10.2 Å². The third kappa shape index (κ3) is 3.19. The van der Waals surface area contributed by atoms with Gasteiger partial charge in [-0.25, -0.2) is 0 Å². The molecule has 1 aliphatic rings. The average Bonchev–Trinajstić information content (AvgIpc) is 2.53. The maximum absolute atomic E-state index is 10.4. The van der Waals surface area contributed by atoms with Crippen LogP contribution < -0.4 is 0 Å². The summed E-state index contributed by atoms with van der Waals surface area (Å²) in [5, 5.41) is 18.3. The lowest BCUT2D eigenvalue weighted by Crippen LogP contribution is -2.29. The summed E-state index contributed by atoms with van der Waals surface area (Å²) in [7, 11) is 0. The maximum Gasteiger partial charge on any atom is 0.303 e. The zero-order valence-electron chi connectivity index (χ0n) is 7.77. The number of rotatable bonds is 4. The molecule has 3 atom stereocenters. The zero-order chi connectivity index (χ0) is 9.84. The van der Waals surface area contributed by atoms with Crippen LogP contribution in [0.5, 0.6) is 0 Å². The number of aliphatic carboxylic acids is 1. The number of aliphatic hydroxyl groups is 1. The Kier molecular flexibility index (Phi) is 4.06. The van der Waals surface area contributed by atoms with E-state index in [2.05, 4.69) is 0 Å². The Morgan fingerprint density at radius 3 is 2.85 bits per heavy atom. The van der Waals surface area contributed by atoms with Gasteiger partial charge in [0.15, 0.2) is 0 Å². The fourth-order valence-electron chi connectivity index (χ4n) is 1.68. The molecule has 0 amide bonds. The standard InChI is InChI=1S/C9H16O3S/c1-6(4-8(10)11)9(12)7-2-3-13-5-7/h6-7,9,12H,2-5H2,1H3,(H,10,11). The third-order valence-electron chi connectivity index (χ3n) is 2.53. The van der Waals surface area contributed by atoms with Crippen molar-refractivity contribution in [3.05, 3.63) is 0 Å². The van der Waals surface area contributed by atoms with Gasteiger partial charge in [-0.15, -0.1) is 0 Å². The molecule has 0 spiro atoms. The van der Waals surface area contributed by atoms with Crippen molar-refractivity contribution in [3.8, 4) is 0 Å². The summed E-state index contributed by atoms with van der Waals surface area (Å²) in [6.45, 7) is 1.81. The number of carboxylic acid groups (broad SMARTS) is 1. The predicted molar refractivity (Wildman–Crippen MR) is 52.9 cm³/mol. The number of carboxylic acids is 1. The Bertz CT molecular complexity index is 178. The molecule has 13 heavy (non-hydrogen) atoms. The van der Waals surface area contributed by atoms with Crippen LogP contribution >= 0.6 is 11.8 Å². The Morgan fingerprint density at radius 1 is 1.69 bits per heavy atom. The van der Waals surface area contributed by atoms with Gasteiger partial charge in [-0.3, -0.25) is 4.79 Å². The summed E-state index contributed by atoms with van der Waals surface area (Å²) in [6, 6.07) is 0. The van der Waals surface area contributed by atoms with Crippen molar-refractivity contribution in [2.24, 2.45) is 11.8 Å². The molecule has 0 aromatic heterocycles. The molecule has 1 fully saturated rings. The SMILES string of the molecule is CC(CC(=O)O)C(O)C1CCSC1. The smallest absolute Gasteiger partial charge is 0.303 e. The van der Waals surface area contributed by atoms with Crippen LogP contribution in [-0.4, -0.2) is 33.8 Å². The molecule has 1 rings (SSSR count). The molecule has 1 saturated heterocycles. The lowest BCUT2D eigenvalue weighted by atomic mass is 9.90. The van der Waals surface area contributed by atoms with Crippen molar-refractivity contribution in [2.45, 2.75) is 25.9 Å². The van der Waals surface area contributed by atoms with E-state index in [9.17, 15) is 9.90 Å². The second-order valence-corrected chi connectivity index (χ2v) is 4.84. The van der Waals surface area contributed by atoms with Crippen LogP contribution in [0.25, 0.3) is 0 Å². The molecular formula is C9H16O3S. The highest BCUT2D eigenvalue weighted by Gasteiger charge is 2.28.